The number of aromatic carboxylic acids is 1. The molecule has 0 aliphatic heterocycles. The van der Waals surface area contributed by atoms with Crippen LogP contribution in [0.15, 0.2) is 16.5 Å². The molecule has 0 amide bonds. The molecule has 1 heterocycles. The Kier molecular flexibility index (Phi) is 5.46. The molecule has 0 fully saturated rings. The van der Waals surface area contributed by atoms with Crippen molar-refractivity contribution in [1.29, 1.82) is 0 Å². The summed E-state index contributed by atoms with van der Waals surface area (Å²) in [5.41, 5.74) is 0. The number of carboxylic acid groups (broad SMARTS) is 1. The molecule has 3 nitrogen and oxygen atoms in total. The second-order valence-corrected chi connectivity index (χ2v) is 5.18. The summed E-state index contributed by atoms with van der Waals surface area (Å²) in [7, 11) is 0. The Morgan fingerprint density at radius 3 is 2.81 bits per heavy atom. The SMILES string of the molecule is CCCCCSC(C)c1ccc(C(=O)O)o1. The fourth-order valence-corrected chi connectivity index (χ4v) is 2.40. The van der Waals surface area contributed by atoms with Crippen LogP contribution >= 0.6 is 11.8 Å². The van der Waals surface area contributed by atoms with Crippen LogP contribution in [0, 0.1) is 0 Å². The molecule has 0 aliphatic carbocycles. The molecule has 1 atom stereocenters. The first kappa shape index (κ1) is 13.2. The molecule has 0 saturated heterocycles. The molecule has 0 aliphatic rings. The first-order chi connectivity index (χ1) is 7.65. The maximum atomic E-state index is 10.6. The van der Waals surface area contributed by atoms with E-state index in [2.05, 4.69) is 6.92 Å². The van der Waals surface area contributed by atoms with Crippen molar-refractivity contribution in [2.75, 3.05) is 5.75 Å². The van der Waals surface area contributed by atoms with Crippen LogP contribution in [0.25, 0.3) is 0 Å². The van der Waals surface area contributed by atoms with E-state index in [9.17, 15) is 4.79 Å². The minimum absolute atomic E-state index is 0.0241. The van der Waals surface area contributed by atoms with E-state index in [0.717, 1.165) is 11.5 Å². The normalized spacial score (nSPS) is 12.6. The summed E-state index contributed by atoms with van der Waals surface area (Å²) in [5, 5.41) is 8.95. The Bertz CT molecular complexity index is 333. The number of carboxylic acids is 1. The molecule has 0 aromatic carbocycles. The lowest BCUT2D eigenvalue weighted by molar-refractivity contribution is 0.0660. The molecule has 1 unspecified atom stereocenters. The molecular weight excluding hydrogens is 224 g/mol. The predicted octanol–water partition coefficient (Wildman–Crippen LogP) is 3.96. The van der Waals surface area contributed by atoms with Crippen LogP contribution in [0.4, 0.5) is 0 Å². The average molecular weight is 242 g/mol. The zero-order valence-corrected chi connectivity index (χ0v) is 10.5. The van der Waals surface area contributed by atoms with Gasteiger partial charge < -0.3 is 9.52 Å². The number of unbranched alkanes of at least 4 members (excludes halogenated alkanes) is 2. The van der Waals surface area contributed by atoms with E-state index in [0.29, 0.717) is 0 Å². The fraction of sp³-hybridized carbons (Fsp3) is 0.583. The van der Waals surface area contributed by atoms with Gasteiger partial charge in [0.15, 0.2) is 0 Å². The number of hydrogen-bond donors (Lipinski definition) is 1. The van der Waals surface area contributed by atoms with Crippen molar-refractivity contribution >= 4 is 17.7 Å². The number of rotatable bonds is 7. The van der Waals surface area contributed by atoms with Crippen LogP contribution in [-0.2, 0) is 0 Å². The molecule has 0 spiro atoms. The Morgan fingerprint density at radius 2 is 2.25 bits per heavy atom. The highest BCUT2D eigenvalue weighted by atomic mass is 32.2. The van der Waals surface area contributed by atoms with Crippen molar-refractivity contribution in [3.05, 3.63) is 23.7 Å². The average Bonchev–Trinajstić information content (AvgIpc) is 2.73. The zero-order valence-electron chi connectivity index (χ0n) is 9.73. The van der Waals surface area contributed by atoms with Crippen molar-refractivity contribution in [3.8, 4) is 0 Å². The van der Waals surface area contributed by atoms with Crippen molar-refractivity contribution < 1.29 is 14.3 Å². The van der Waals surface area contributed by atoms with Crippen molar-refractivity contribution in [1.82, 2.24) is 0 Å². The topological polar surface area (TPSA) is 50.4 Å². The van der Waals surface area contributed by atoms with Gasteiger partial charge in [0.05, 0.1) is 5.25 Å². The molecule has 1 rings (SSSR count). The van der Waals surface area contributed by atoms with E-state index in [1.54, 1.807) is 6.07 Å². The summed E-state index contributed by atoms with van der Waals surface area (Å²) in [6, 6.07) is 3.27. The first-order valence-corrected chi connectivity index (χ1v) is 6.64. The lowest BCUT2D eigenvalue weighted by Crippen LogP contribution is -1.93. The molecule has 90 valence electrons. The smallest absolute Gasteiger partial charge is 0.371 e. The number of hydrogen-bond acceptors (Lipinski definition) is 3. The van der Waals surface area contributed by atoms with Gasteiger partial charge in [-0.15, -0.1) is 0 Å². The van der Waals surface area contributed by atoms with Crippen molar-refractivity contribution in [2.45, 2.75) is 38.4 Å². The molecule has 0 radical (unpaired) electrons. The summed E-state index contributed by atoms with van der Waals surface area (Å²) < 4.78 is 5.24. The van der Waals surface area contributed by atoms with Crippen LogP contribution in [0.3, 0.4) is 0 Å². The maximum absolute atomic E-state index is 10.6. The van der Waals surface area contributed by atoms with Gasteiger partial charge >= 0.3 is 5.97 Å². The van der Waals surface area contributed by atoms with Gasteiger partial charge in [-0.2, -0.15) is 11.8 Å². The molecule has 1 N–H and O–H groups in total. The Hall–Kier alpha value is -0.900. The minimum atomic E-state index is -1.01. The molecule has 0 bridgehead atoms. The van der Waals surface area contributed by atoms with E-state index in [-0.39, 0.29) is 11.0 Å². The maximum Gasteiger partial charge on any atom is 0.371 e. The summed E-state index contributed by atoms with van der Waals surface area (Å²) in [6.45, 7) is 4.22. The fourth-order valence-electron chi connectivity index (χ4n) is 1.38. The summed E-state index contributed by atoms with van der Waals surface area (Å²) in [5.74, 6) is 0.863. The monoisotopic (exact) mass is 242 g/mol. The zero-order chi connectivity index (χ0) is 12.0. The Balaban J connectivity index is 2.40. The van der Waals surface area contributed by atoms with Crippen LogP contribution in [-0.4, -0.2) is 16.8 Å². The molecule has 0 saturated carbocycles. The van der Waals surface area contributed by atoms with E-state index in [1.165, 1.54) is 25.3 Å². The lowest BCUT2D eigenvalue weighted by atomic mass is 10.3. The van der Waals surface area contributed by atoms with E-state index in [4.69, 9.17) is 9.52 Å². The summed E-state index contributed by atoms with van der Waals surface area (Å²) in [4.78, 5) is 10.6. The minimum Gasteiger partial charge on any atom is -0.475 e. The third-order valence-electron chi connectivity index (χ3n) is 2.35. The second kappa shape index (κ2) is 6.63. The van der Waals surface area contributed by atoms with Crippen LogP contribution in [0.1, 0.15) is 54.7 Å². The molecule has 1 aromatic heterocycles. The van der Waals surface area contributed by atoms with E-state index < -0.39 is 5.97 Å². The largest absolute Gasteiger partial charge is 0.475 e. The highest BCUT2D eigenvalue weighted by Gasteiger charge is 2.13. The van der Waals surface area contributed by atoms with Crippen LogP contribution < -0.4 is 0 Å². The van der Waals surface area contributed by atoms with Gasteiger partial charge in [-0.1, -0.05) is 19.8 Å². The molecule has 1 aromatic rings. The van der Waals surface area contributed by atoms with Gasteiger partial charge in [-0.05, 0) is 31.2 Å². The third kappa shape index (κ3) is 3.93. The van der Waals surface area contributed by atoms with Gasteiger partial charge in [0.25, 0.3) is 0 Å². The van der Waals surface area contributed by atoms with Gasteiger partial charge in [-0.25, -0.2) is 4.79 Å². The number of carbonyl (C=O) groups is 1. The Labute approximate surface area is 100 Å². The summed E-state index contributed by atoms with van der Waals surface area (Å²) in [6.07, 6.45) is 3.68. The van der Waals surface area contributed by atoms with Gasteiger partial charge in [0, 0.05) is 0 Å². The van der Waals surface area contributed by atoms with E-state index >= 15 is 0 Å². The van der Waals surface area contributed by atoms with Gasteiger partial charge in [0.2, 0.25) is 5.76 Å². The lowest BCUT2D eigenvalue weighted by Gasteiger charge is -2.07. The summed E-state index contributed by atoms with van der Waals surface area (Å²) >= 11 is 1.81. The van der Waals surface area contributed by atoms with Crippen LogP contribution in [0.5, 0.6) is 0 Å². The van der Waals surface area contributed by atoms with E-state index in [1.807, 2.05) is 18.7 Å². The van der Waals surface area contributed by atoms with Gasteiger partial charge in [-0.3, -0.25) is 0 Å². The van der Waals surface area contributed by atoms with Crippen molar-refractivity contribution in [3.63, 3.8) is 0 Å². The molecular formula is C12H18O3S. The Morgan fingerprint density at radius 1 is 1.50 bits per heavy atom. The highest BCUT2D eigenvalue weighted by Crippen LogP contribution is 2.30. The first-order valence-electron chi connectivity index (χ1n) is 5.59. The second-order valence-electron chi connectivity index (χ2n) is 3.73. The quantitative estimate of drug-likeness (QED) is 0.735. The highest BCUT2D eigenvalue weighted by molar-refractivity contribution is 7.99. The molecule has 16 heavy (non-hydrogen) atoms. The molecule has 4 heteroatoms. The van der Waals surface area contributed by atoms with Crippen molar-refractivity contribution in [2.24, 2.45) is 0 Å². The number of thioether (sulfide) groups is 1. The third-order valence-corrected chi connectivity index (χ3v) is 3.61. The number of furan rings is 1. The predicted molar refractivity (Wildman–Crippen MR) is 66.1 cm³/mol. The van der Waals surface area contributed by atoms with Crippen LogP contribution in [0.2, 0.25) is 0 Å². The standard InChI is InChI=1S/C12H18O3S/c1-3-4-5-8-16-9(2)10-6-7-11(15-10)12(13)14/h6-7,9H,3-5,8H2,1-2H3,(H,13,14). The van der Waals surface area contributed by atoms with Gasteiger partial charge in [0.1, 0.15) is 5.76 Å².